The molecule has 0 aromatic heterocycles. The van der Waals surface area contributed by atoms with Crippen LogP contribution < -0.4 is 5.32 Å². The van der Waals surface area contributed by atoms with Crippen LogP contribution in [-0.2, 0) is 14.3 Å². The van der Waals surface area contributed by atoms with Gasteiger partial charge in [0.15, 0.2) is 0 Å². The summed E-state index contributed by atoms with van der Waals surface area (Å²) >= 11 is 0. The van der Waals surface area contributed by atoms with Crippen LogP contribution in [0.25, 0.3) is 11.1 Å². The first-order chi connectivity index (χ1) is 16.8. The number of nitrogens with one attached hydrogen (secondary N) is 1. The third-order valence-corrected chi connectivity index (χ3v) is 7.54. The summed E-state index contributed by atoms with van der Waals surface area (Å²) in [5.74, 6) is -0.887. The zero-order valence-electron chi connectivity index (χ0n) is 20.5. The topological polar surface area (TPSA) is 95.9 Å². The van der Waals surface area contributed by atoms with Gasteiger partial charge in [0.1, 0.15) is 6.61 Å². The highest BCUT2D eigenvalue weighted by molar-refractivity contribution is 5.80. The highest BCUT2D eigenvalue weighted by Gasteiger charge is 2.38. The Hall–Kier alpha value is -3.35. The summed E-state index contributed by atoms with van der Waals surface area (Å²) in [6.45, 7) is 5.30. The number of likely N-dealkylation sites (tertiary alicyclic amines) is 1. The lowest BCUT2D eigenvalue weighted by atomic mass is 9.80. The van der Waals surface area contributed by atoms with Crippen molar-refractivity contribution >= 4 is 18.0 Å². The minimum absolute atomic E-state index is 0.0262. The Kier molecular flexibility index (Phi) is 7.43. The van der Waals surface area contributed by atoms with Crippen LogP contribution in [0.4, 0.5) is 4.79 Å². The molecule has 2 aromatic carbocycles. The predicted octanol–water partition coefficient (Wildman–Crippen LogP) is 4.65. The van der Waals surface area contributed by atoms with E-state index in [1.54, 1.807) is 11.8 Å². The molecule has 186 valence electrons. The van der Waals surface area contributed by atoms with Gasteiger partial charge >= 0.3 is 12.1 Å². The maximum Gasteiger partial charge on any atom is 0.407 e. The smallest absolute Gasteiger partial charge is 0.407 e. The number of carbonyl (C=O) groups excluding carboxylic acids is 2. The van der Waals surface area contributed by atoms with Crippen LogP contribution in [0, 0.1) is 11.3 Å². The number of piperidine rings is 1. The van der Waals surface area contributed by atoms with Gasteiger partial charge in [0, 0.05) is 31.5 Å². The largest absolute Gasteiger partial charge is 0.481 e. The Morgan fingerprint density at radius 1 is 1.06 bits per heavy atom. The molecule has 1 aliphatic heterocycles. The number of aliphatic carboxylic acids is 1. The molecule has 2 amide bonds. The molecule has 1 unspecified atom stereocenters. The van der Waals surface area contributed by atoms with Crippen molar-refractivity contribution in [2.45, 2.75) is 45.4 Å². The van der Waals surface area contributed by atoms with Crippen LogP contribution in [0.5, 0.6) is 0 Å². The number of hydrogen-bond donors (Lipinski definition) is 2. The molecule has 1 heterocycles. The van der Waals surface area contributed by atoms with Crippen molar-refractivity contribution in [1.29, 1.82) is 0 Å². The summed E-state index contributed by atoms with van der Waals surface area (Å²) in [6.07, 6.45) is 1.82. The number of benzene rings is 2. The SMILES string of the molecule is CC(CCCNC(=O)OCC1c2ccccc2-c2ccccc21)C(=O)N1CCC(C)(C(=O)O)CC1. The minimum Gasteiger partial charge on any atom is -0.481 e. The van der Waals surface area contributed by atoms with E-state index >= 15 is 0 Å². The Labute approximate surface area is 206 Å². The van der Waals surface area contributed by atoms with Gasteiger partial charge in [-0.2, -0.15) is 0 Å². The number of ether oxygens (including phenoxy) is 1. The van der Waals surface area contributed by atoms with Gasteiger partial charge in [-0.15, -0.1) is 0 Å². The standard InChI is InChI=1S/C28H34N2O5/c1-19(25(31)30-16-13-28(2,14-17-30)26(32)33)8-7-15-29-27(34)35-18-24-22-11-5-3-9-20(22)21-10-4-6-12-23(21)24/h3-6,9-12,19,24H,7-8,13-18H2,1-2H3,(H,29,34)(H,32,33). The van der Waals surface area contributed by atoms with Gasteiger partial charge in [-0.25, -0.2) is 4.79 Å². The number of fused-ring (bicyclic) bond motifs is 3. The molecule has 2 aromatic rings. The van der Waals surface area contributed by atoms with Gasteiger partial charge in [-0.05, 0) is 54.9 Å². The van der Waals surface area contributed by atoms with E-state index in [1.165, 1.54) is 22.3 Å². The number of hydrogen-bond acceptors (Lipinski definition) is 4. The van der Waals surface area contributed by atoms with E-state index < -0.39 is 17.5 Å². The molecule has 1 saturated heterocycles. The average Bonchev–Trinajstić information content (AvgIpc) is 3.19. The van der Waals surface area contributed by atoms with Crippen molar-refractivity contribution in [2.75, 3.05) is 26.2 Å². The second-order valence-electron chi connectivity index (χ2n) is 9.99. The monoisotopic (exact) mass is 478 g/mol. The van der Waals surface area contributed by atoms with Gasteiger partial charge in [0.05, 0.1) is 5.41 Å². The quantitative estimate of drug-likeness (QED) is 0.538. The van der Waals surface area contributed by atoms with Gasteiger partial charge in [0.25, 0.3) is 0 Å². The first-order valence-corrected chi connectivity index (χ1v) is 12.4. The van der Waals surface area contributed by atoms with E-state index in [0.717, 1.165) is 0 Å². The fourth-order valence-electron chi connectivity index (χ4n) is 5.12. The molecule has 1 aliphatic carbocycles. The number of carboxylic acid groups (broad SMARTS) is 1. The van der Waals surface area contributed by atoms with Crippen LogP contribution in [-0.4, -0.2) is 54.2 Å². The summed E-state index contributed by atoms with van der Waals surface area (Å²) in [5.41, 5.74) is 3.99. The van der Waals surface area contributed by atoms with Crippen LogP contribution in [0.15, 0.2) is 48.5 Å². The molecule has 2 N–H and O–H groups in total. The van der Waals surface area contributed by atoms with E-state index in [2.05, 4.69) is 29.6 Å². The zero-order chi connectivity index (χ0) is 25.0. The number of alkyl carbamates (subject to hydrolysis) is 1. The molecular weight excluding hydrogens is 444 g/mol. The lowest BCUT2D eigenvalue weighted by Crippen LogP contribution is -2.46. The van der Waals surface area contributed by atoms with Crippen molar-refractivity contribution in [3.63, 3.8) is 0 Å². The molecule has 7 nitrogen and oxygen atoms in total. The van der Waals surface area contributed by atoms with Gasteiger partial charge < -0.3 is 20.1 Å². The maximum atomic E-state index is 12.7. The Morgan fingerprint density at radius 3 is 2.20 bits per heavy atom. The summed E-state index contributed by atoms with van der Waals surface area (Å²) in [4.78, 5) is 38.2. The molecule has 0 saturated carbocycles. The van der Waals surface area contributed by atoms with E-state index in [0.29, 0.717) is 45.3 Å². The number of carboxylic acids is 1. The highest BCUT2D eigenvalue weighted by Crippen LogP contribution is 2.44. The van der Waals surface area contributed by atoms with E-state index in [4.69, 9.17) is 4.74 Å². The molecule has 0 bridgehead atoms. The minimum atomic E-state index is -0.794. The van der Waals surface area contributed by atoms with Crippen molar-refractivity contribution in [3.05, 3.63) is 59.7 Å². The molecule has 0 radical (unpaired) electrons. The molecule has 0 spiro atoms. The Morgan fingerprint density at radius 2 is 1.63 bits per heavy atom. The maximum absolute atomic E-state index is 12.7. The number of nitrogens with zero attached hydrogens (tertiary/aromatic N) is 1. The lowest BCUT2D eigenvalue weighted by Gasteiger charge is -2.37. The highest BCUT2D eigenvalue weighted by atomic mass is 16.5. The normalized spacial score (nSPS) is 17.3. The molecule has 1 atom stereocenters. The fourth-order valence-corrected chi connectivity index (χ4v) is 5.12. The van der Waals surface area contributed by atoms with Crippen LogP contribution in [0.3, 0.4) is 0 Å². The third kappa shape index (κ3) is 5.34. The fraction of sp³-hybridized carbons (Fsp3) is 0.464. The lowest BCUT2D eigenvalue weighted by molar-refractivity contribution is -0.153. The first kappa shape index (κ1) is 24.8. The molecule has 4 rings (SSSR count). The molecule has 1 fully saturated rings. The summed E-state index contributed by atoms with van der Waals surface area (Å²) in [5, 5.41) is 12.2. The van der Waals surface area contributed by atoms with E-state index in [1.807, 2.05) is 31.2 Å². The summed E-state index contributed by atoms with van der Waals surface area (Å²) < 4.78 is 5.55. The molecule has 2 aliphatic rings. The first-order valence-electron chi connectivity index (χ1n) is 12.4. The van der Waals surface area contributed by atoms with Crippen molar-refractivity contribution in [1.82, 2.24) is 10.2 Å². The van der Waals surface area contributed by atoms with E-state index in [-0.39, 0.29) is 24.3 Å². The number of rotatable bonds is 8. The van der Waals surface area contributed by atoms with Crippen molar-refractivity contribution in [2.24, 2.45) is 11.3 Å². The third-order valence-electron chi connectivity index (χ3n) is 7.54. The second kappa shape index (κ2) is 10.5. The molecule has 7 heteroatoms. The number of amides is 2. The molecule has 35 heavy (non-hydrogen) atoms. The van der Waals surface area contributed by atoms with E-state index in [9.17, 15) is 19.5 Å². The Bertz CT molecular complexity index is 1040. The van der Waals surface area contributed by atoms with Gasteiger partial charge in [0.2, 0.25) is 5.91 Å². The summed E-state index contributed by atoms with van der Waals surface area (Å²) in [7, 11) is 0. The zero-order valence-corrected chi connectivity index (χ0v) is 20.5. The number of carbonyl (C=O) groups is 3. The van der Waals surface area contributed by atoms with Gasteiger partial charge in [-0.3, -0.25) is 9.59 Å². The molecular formula is C28H34N2O5. The average molecular weight is 479 g/mol. The van der Waals surface area contributed by atoms with Gasteiger partial charge in [-0.1, -0.05) is 55.5 Å². The predicted molar refractivity (Wildman–Crippen MR) is 133 cm³/mol. The van der Waals surface area contributed by atoms with Crippen molar-refractivity contribution in [3.8, 4) is 11.1 Å². The summed E-state index contributed by atoms with van der Waals surface area (Å²) in [6, 6.07) is 16.4. The van der Waals surface area contributed by atoms with Crippen LogP contribution >= 0.6 is 0 Å². The Balaban J connectivity index is 1.18. The van der Waals surface area contributed by atoms with Crippen LogP contribution in [0.2, 0.25) is 0 Å². The van der Waals surface area contributed by atoms with Crippen LogP contribution in [0.1, 0.15) is 56.6 Å². The van der Waals surface area contributed by atoms with Crippen molar-refractivity contribution < 1.29 is 24.2 Å². The second-order valence-corrected chi connectivity index (χ2v) is 9.99.